The number of nitrogens with zero attached hydrogens (tertiary/aromatic N) is 2. The quantitative estimate of drug-likeness (QED) is 0.153. The van der Waals surface area contributed by atoms with Crippen LogP contribution in [0.2, 0.25) is 0 Å². The molecule has 4 rings (SSSR count). The first-order valence-electron chi connectivity index (χ1n) is 11.9. The molecule has 1 heterocycles. The minimum absolute atomic E-state index is 0.133. The lowest BCUT2D eigenvalue weighted by atomic mass is 9.85. The lowest BCUT2D eigenvalue weighted by molar-refractivity contribution is -0.384. The smallest absolute Gasteiger partial charge is 0.300 e. The molecule has 38 heavy (non-hydrogen) atoms. The molecule has 3 aromatic carbocycles. The second-order valence-corrected chi connectivity index (χ2v) is 10.1. The number of rotatable bonds is 5. The number of amides is 2. The van der Waals surface area contributed by atoms with Crippen LogP contribution in [0.1, 0.15) is 50.4 Å². The van der Waals surface area contributed by atoms with Gasteiger partial charge in [0.2, 0.25) is 5.91 Å². The number of anilines is 2. The number of Topliss-reactive ketones (excluding diaryl/α,β-unsaturated/α-hetero) is 1. The highest BCUT2D eigenvalue weighted by molar-refractivity contribution is 6.51. The van der Waals surface area contributed by atoms with Crippen LogP contribution in [0, 0.1) is 10.1 Å². The Hall–Kier alpha value is -4.79. The summed E-state index contributed by atoms with van der Waals surface area (Å²) in [4.78, 5) is 50.1. The standard InChI is InChI=1S/C29H27N3O6/c1-17(33)30-21-6-5-7-23(16-21)31-25(18-8-12-20(13-9-18)29(2,3)4)24(27(35)28(31)36)26(34)19-10-14-22(15-11-19)32(37)38/h5-16,25,34H,1-4H3,(H,30,33)/b26-24+. The number of benzene rings is 3. The molecule has 9 nitrogen and oxygen atoms in total. The first kappa shape index (κ1) is 26.3. The van der Waals surface area contributed by atoms with Crippen molar-refractivity contribution in [3.05, 3.63) is 105 Å². The molecular formula is C29H27N3O6. The molecule has 3 aromatic rings. The number of carbonyl (C=O) groups excluding carboxylic acids is 3. The largest absolute Gasteiger partial charge is 0.507 e. The molecule has 9 heteroatoms. The number of hydrogen-bond donors (Lipinski definition) is 2. The fraction of sp³-hybridized carbons (Fsp3) is 0.207. The molecule has 0 aromatic heterocycles. The van der Waals surface area contributed by atoms with E-state index in [0.29, 0.717) is 16.9 Å². The Labute approximate surface area is 219 Å². The Morgan fingerprint density at radius 1 is 1.00 bits per heavy atom. The third-order valence-electron chi connectivity index (χ3n) is 6.33. The highest BCUT2D eigenvalue weighted by Gasteiger charge is 2.47. The van der Waals surface area contributed by atoms with Gasteiger partial charge in [-0.25, -0.2) is 0 Å². The van der Waals surface area contributed by atoms with Gasteiger partial charge in [0.25, 0.3) is 17.4 Å². The maximum absolute atomic E-state index is 13.4. The summed E-state index contributed by atoms with van der Waals surface area (Å²) >= 11 is 0. The molecule has 1 saturated heterocycles. The third-order valence-corrected chi connectivity index (χ3v) is 6.33. The van der Waals surface area contributed by atoms with Crippen LogP contribution >= 0.6 is 0 Å². The van der Waals surface area contributed by atoms with E-state index in [1.807, 2.05) is 24.3 Å². The number of carbonyl (C=O) groups is 3. The Morgan fingerprint density at radius 3 is 2.18 bits per heavy atom. The minimum atomic E-state index is -0.980. The molecule has 194 valence electrons. The van der Waals surface area contributed by atoms with Crippen LogP contribution in [0.15, 0.2) is 78.4 Å². The number of ketones is 1. The third kappa shape index (κ3) is 5.04. The molecule has 0 saturated carbocycles. The Morgan fingerprint density at radius 2 is 1.63 bits per heavy atom. The molecule has 1 aliphatic rings. The molecule has 1 unspecified atom stereocenters. The second kappa shape index (κ2) is 9.93. The fourth-order valence-electron chi connectivity index (χ4n) is 4.41. The monoisotopic (exact) mass is 513 g/mol. The van der Waals surface area contributed by atoms with Gasteiger partial charge in [-0.2, -0.15) is 0 Å². The number of aliphatic hydroxyl groups excluding tert-OH is 1. The summed E-state index contributed by atoms with van der Waals surface area (Å²) in [6.45, 7) is 7.56. The predicted molar refractivity (Wildman–Crippen MR) is 144 cm³/mol. The van der Waals surface area contributed by atoms with Crippen molar-refractivity contribution in [3.8, 4) is 0 Å². The van der Waals surface area contributed by atoms with Crippen molar-refractivity contribution in [2.75, 3.05) is 10.2 Å². The Kier molecular flexibility index (Phi) is 6.87. The van der Waals surface area contributed by atoms with Gasteiger partial charge in [-0.15, -0.1) is 0 Å². The highest BCUT2D eigenvalue weighted by Crippen LogP contribution is 2.43. The van der Waals surface area contributed by atoms with Gasteiger partial charge in [0.1, 0.15) is 5.76 Å². The molecule has 0 bridgehead atoms. The SMILES string of the molecule is CC(=O)Nc1cccc(N2C(=O)C(=O)/C(=C(/O)c3ccc([N+](=O)[O-])cc3)C2c2ccc(C(C)(C)C)cc2)c1. The van der Waals surface area contributed by atoms with Crippen LogP contribution in [0.4, 0.5) is 17.1 Å². The molecule has 0 radical (unpaired) electrons. The van der Waals surface area contributed by atoms with Gasteiger partial charge in [-0.1, -0.05) is 51.1 Å². The van der Waals surface area contributed by atoms with Gasteiger partial charge in [-0.3, -0.25) is 29.4 Å². The van der Waals surface area contributed by atoms with Crippen LogP contribution in [0.5, 0.6) is 0 Å². The van der Waals surface area contributed by atoms with E-state index in [-0.39, 0.29) is 28.1 Å². The maximum atomic E-state index is 13.4. The molecular weight excluding hydrogens is 486 g/mol. The number of nitro groups is 1. The Bertz CT molecular complexity index is 1470. The van der Waals surface area contributed by atoms with Crippen LogP contribution in [0.25, 0.3) is 5.76 Å². The van der Waals surface area contributed by atoms with Gasteiger partial charge in [0, 0.05) is 36.0 Å². The number of nitrogens with one attached hydrogen (secondary N) is 1. The van der Waals surface area contributed by atoms with Crippen molar-refractivity contribution < 1.29 is 24.4 Å². The van der Waals surface area contributed by atoms with Crippen molar-refractivity contribution in [1.29, 1.82) is 0 Å². The lowest BCUT2D eigenvalue weighted by Gasteiger charge is -2.27. The van der Waals surface area contributed by atoms with E-state index >= 15 is 0 Å². The topological polar surface area (TPSA) is 130 Å². The summed E-state index contributed by atoms with van der Waals surface area (Å²) in [5.41, 5.74) is 2.14. The number of hydrogen-bond acceptors (Lipinski definition) is 6. The summed E-state index contributed by atoms with van der Waals surface area (Å²) in [5, 5.41) is 25.0. The number of nitro benzene ring substituents is 1. The van der Waals surface area contributed by atoms with Gasteiger partial charge in [-0.05, 0) is 46.9 Å². The van der Waals surface area contributed by atoms with E-state index in [1.165, 1.54) is 36.1 Å². The van der Waals surface area contributed by atoms with Crippen LogP contribution in [-0.2, 0) is 19.8 Å². The van der Waals surface area contributed by atoms with Gasteiger partial charge >= 0.3 is 0 Å². The van der Waals surface area contributed by atoms with E-state index in [9.17, 15) is 29.6 Å². The van der Waals surface area contributed by atoms with Gasteiger partial charge < -0.3 is 10.4 Å². The van der Waals surface area contributed by atoms with Crippen molar-refractivity contribution >= 4 is 40.4 Å². The minimum Gasteiger partial charge on any atom is -0.507 e. The number of non-ortho nitro benzene ring substituents is 1. The van der Waals surface area contributed by atoms with E-state index < -0.39 is 28.4 Å². The van der Waals surface area contributed by atoms with Crippen molar-refractivity contribution in [3.63, 3.8) is 0 Å². The zero-order valence-corrected chi connectivity index (χ0v) is 21.4. The molecule has 0 spiro atoms. The first-order chi connectivity index (χ1) is 17.9. The zero-order valence-electron chi connectivity index (χ0n) is 21.4. The molecule has 2 amide bonds. The average molecular weight is 514 g/mol. The fourth-order valence-corrected chi connectivity index (χ4v) is 4.41. The normalized spacial score (nSPS) is 16.9. The van der Waals surface area contributed by atoms with Gasteiger partial charge in [0.05, 0.1) is 16.5 Å². The highest BCUT2D eigenvalue weighted by atomic mass is 16.6. The van der Waals surface area contributed by atoms with Crippen molar-refractivity contribution in [2.45, 2.75) is 39.2 Å². The molecule has 1 aliphatic heterocycles. The van der Waals surface area contributed by atoms with E-state index in [4.69, 9.17) is 0 Å². The van der Waals surface area contributed by atoms with Crippen molar-refractivity contribution in [2.24, 2.45) is 0 Å². The molecule has 1 atom stereocenters. The maximum Gasteiger partial charge on any atom is 0.300 e. The van der Waals surface area contributed by atoms with Gasteiger partial charge in [0.15, 0.2) is 0 Å². The summed E-state index contributed by atoms with van der Waals surface area (Å²) in [7, 11) is 0. The van der Waals surface area contributed by atoms with Crippen LogP contribution < -0.4 is 10.2 Å². The predicted octanol–water partition coefficient (Wildman–Crippen LogP) is 5.48. The first-order valence-corrected chi connectivity index (χ1v) is 11.9. The zero-order chi connectivity index (χ0) is 27.8. The molecule has 1 fully saturated rings. The number of aliphatic hydroxyl groups is 1. The van der Waals surface area contributed by atoms with Crippen molar-refractivity contribution in [1.82, 2.24) is 0 Å². The van der Waals surface area contributed by atoms with Crippen LogP contribution in [0.3, 0.4) is 0 Å². The van der Waals surface area contributed by atoms with E-state index in [2.05, 4.69) is 26.1 Å². The Balaban J connectivity index is 1.90. The molecule has 0 aliphatic carbocycles. The lowest BCUT2D eigenvalue weighted by Crippen LogP contribution is -2.29. The average Bonchev–Trinajstić information content (AvgIpc) is 3.13. The molecule has 2 N–H and O–H groups in total. The van der Waals surface area contributed by atoms with E-state index in [0.717, 1.165) is 5.56 Å². The summed E-state index contributed by atoms with van der Waals surface area (Å²) in [6.07, 6.45) is 0. The summed E-state index contributed by atoms with van der Waals surface area (Å²) in [6, 6.07) is 18.1. The van der Waals surface area contributed by atoms with Crippen LogP contribution in [-0.4, -0.2) is 27.6 Å². The van der Waals surface area contributed by atoms with E-state index in [1.54, 1.807) is 24.3 Å². The summed E-state index contributed by atoms with van der Waals surface area (Å²) < 4.78 is 0. The summed E-state index contributed by atoms with van der Waals surface area (Å²) in [5.74, 6) is -2.48. The second-order valence-electron chi connectivity index (χ2n) is 10.1.